The van der Waals surface area contributed by atoms with Crippen LogP contribution >= 0.6 is 0 Å². The summed E-state index contributed by atoms with van der Waals surface area (Å²) in [4.78, 5) is 18.5. The molecule has 2 aromatic rings. The number of benzene rings is 1. The Bertz CT molecular complexity index is 643. The van der Waals surface area contributed by atoms with Crippen LogP contribution < -0.4 is 0 Å². The van der Waals surface area contributed by atoms with Crippen molar-refractivity contribution in [1.82, 2.24) is 9.97 Å². The van der Waals surface area contributed by atoms with Gasteiger partial charge in [0, 0.05) is 5.56 Å². The number of carboxylic acids is 1. The normalized spacial score (nSPS) is 10.8. The molecule has 0 spiro atoms. The SMILES string of the molecule is Cc1nc(-c2c(C)c(C)cc(C)c2C)c(C(=O)O)[nH]1. The van der Waals surface area contributed by atoms with Crippen LogP contribution in [-0.2, 0) is 0 Å². The number of carboxylic acid groups (broad SMARTS) is 1. The molecule has 0 unspecified atom stereocenters. The summed E-state index contributed by atoms with van der Waals surface area (Å²) in [5.74, 6) is -0.362. The van der Waals surface area contributed by atoms with E-state index in [0.29, 0.717) is 11.5 Å². The summed E-state index contributed by atoms with van der Waals surface area (Å²) in [6, 6.07) is 2.12. The van der Waals surface area contributed by atoms with Crippen LogP contribution in [0.15, 0.2) is 6.07 Å². The predicted molar refractivity (Wildman–Crippen MR) is 74.7 cm³/mol. The van der Waals surface area contributed by atoms with Crippen LogP contribution in [0, 0.1) is 34.6 Å². The van der Waals surface area contributed by atoms with Crippen molar-refractivity contribution in [3.05, 3.63) is 39.8 Å². The van der Waals surface area contributed by atoms with E-state index in [9.17, 15) is 9.90 Å². The fourth-order valence-electron chi connectivity index (χ4n) is 2.40. The van der Waals surface area contributed by atoms with E-state index < -0.39 is 5.97 Å². The second-order valence-corrected chi connectivity index (χ2v) is 4.99. The number of hydrogen-bond acceptors (Lipinski definition) is 2. The minimum Gasteiger partial charge on any atom is -0.477 e. The highest BCUT2D eigenvalue weighted by Crippen LogP contribution is 2.32. The van der Waals surface area contributed by atoms with E-state index in [1.807, 2.05) is 27.7 Å². The Kier molecular flexibility index (Phi) is 3.18. The van der Waals surface area contributed by atoms with Gasteiger partial charge in [0.1, 0.15) is 11.5 Å². The van der Waals surface area contributed by atoms with Crippen LogP contribution in [0.3, 0.4) is 0 Å². The number of aromatic nitrogens is 2. The highest BCUT2D eigenvalue weighted by Gasteiger charge is 2.21. The molecule has 1 heterocycles. The van der Waals surface area contributed by atoms with E-state index in [0.717, 1.165) is 27.8 Å². The van der Waals surface area contributed by atoms with Gasteiger partial charge in [-0.2, -0.15) is 0 Å². The Hall–Kier alpha value is -2.10. The summed E-state index contributed by atoms with van der Waals surface area (Å²) in [6.07, 6.45) is 0. The Morgan fingerprint density at radius 2 is 1.63 bits per heavy atom. The first-order valence-corrected chi connectivity index (χ1v) is 6.20. The van der Waals surface area contributed by atoms with Gasteiger partial charge in [-0.05, 0) is 56.9 Å². The van der Waals surface area contributed by atoms with Crippen LogP contribution in [0.5, 0.6) is 0 Å². The minimum absolute atomic E-state index is 0.161. The molecule has 0 aliphatic heterocycles. The highest BCUT2D eigenvalue weighted by molar-refractivity contribution is 5.94. The molecule has 4 nitrogen and oxygen atoms in total. The van der Waals surface area contributed by atoms with Gasteiger partial charge in [-0.25, -0.2) is 9.78 Å². The van der Waals surface area contributed by atoms with Crippen LogP contribution in [0.4, 0.5) is 0 Å². The maximum atomic E-state index is 11.3. The number of carbonyl (C=O) groups is 1. The fraction of sp³-hybridized carbons (Fsp3) is 0.333. The molecule has 4 heteroatoms. The van der Waals surface area contributed by atoms with E-state index >= 15 is 0 Å². The highest BCUT2D eigenvalue weighted by atomic mass is 16.4. The molecule has 0 amide bonds. The molecule has 0 atom stereocenters. The van der Waals surface area contributed by atoms with Crippen molar-refractivity contribution in [2.75, 3.05) is 0 Å². The summed E-state index contributed by atoms with van der Waals surface area (Å²) in [5.41, 5.74) is 6.08. The van der Waals surface area contributed by atoms with Crippen molar-refractivity contribution in [2.24, 2.45) is 0 Å². The van der Waals surface area contributed by atoms with Gasteiger partial charge in [-0.3, -0.25) is 0 Å². The van der Waals surface area contributed by atoms with Crippen LogP contribution in [0.25, 0.3) is 11.3 Å². The molecule has 0 fully saturated rings. The molecule has 100 valence electrons. The van der Waals surface area contributed by atoms with Crippen molar-refractivity contribution in [3.63, 3.8) is 0 Å². The number of hydrogen-bond donors (Lipinski definition) is 2. The monoisotopic (exact) mass is 258 g/mol. The summed E-state index contributed by atoms with van der Waals surface area (Å²) in [7, 11) is 0. The Labute approximate surface area is 112 Å². The number of aromatic amines is 1. The number of nitrogens with zero attached hydrogens (tertiary/aromatic N) is 1. The molecule has 1 aromatic heterocycles. The van der Waals surface area contributed by atoms with Gasteiger partial charge >= 0.3 is 5.97 Å². The molecule has 0 saturated heterocycles. The number of aryl methyl sites for hydroxylation is 3. The molecular weight excluding hydrogens is 240 g/mol. The summed E-state index contributed by atoms with van der Waals surface area (Å²) < 4.78 is 0. The number of H-pyrrole nitrogens is 1. The smallest absolute Gasteiger partial charge is 0.354 e. The third kappa shape index (κ3) is 2.14. The van der Waals surface area contributed by atoms with E-state index in [4.69, 9.17) is 0 Å². The van der Waals surface area contributed by atoms with Gasteiger partial charge in [0.05, 0.1) is 0 Å². The van der Waals surface area contributed by atoms with Gasteiger partial charge in [-0.1, -0.05) is 6.07 Å². The summed E-state index contributed by atoms with van der Waals surface area (Å²) in [6.45, 7) is 9.85. The zero-order valence-electron chi connectivity index (χ0n) is 11.9. The largest absolute Gasteiger partial charge is 0.477 e. The fourth-order valence-corrected chi connectivity index (χ4v) is 2.40. The van der Waals surface area contributed by atoms with Gasteiger partial charge in [0.15, 0.2) is 5.69 Å². The molecule has 2 N–H and O–H groups in total. The maximum Gasteiger partial charge on any atom is 0.354 e. The van der Waals surface area contributed by atoms with Crippen molar-refractivity contribution in [1.29, 1.82) is 0 Å². The van der Waals surface area contributed by atoms with Gasteiger partial charge in [0.2, 0.25) is 0 Å². The lowest BCUT2D eigenvalue weighted by atomic mass is 9.91. The average Bonchev–Trinajstić information content (AvgIpc) is 2.69. The standard InChI is InChI=1S/C15H18N2O2/c1-7-6-8(2)10(4)12(9(7)3)13-14(15(18)19)17-11(5)16-13/h6H,1-5H3,(H,16,17)(H,18,19). The quantitative estimate of drug-likeness (QED) is 0.868. The topological polar surface area (TPSA) is 66.0 Å². The molecule has 1 aromatic carbocycles. The molecule has 0 saturated carbocycles. The van der Waals surface area contributed by atoms with Crippen LogP contribution in [-0.4, -0.2) is 21.0 Å². The number of aromatic carboxylic acids is 1. The van der Waals surface area contributed by atoms with Crippen molar-refractivity contribution >= 4 is 5.97 Å². The molecule has 0 bridgehead atoms. The molecule has 19 heavy (non-hydrogen) atoms. The lowest BCUT2D eigenvalue weighted by Gasteiger charge is -2.14. The molecular formula is C15H18N2O2. The molecule has 2 rings (SSSR count). The summed E-state index contributed by atoms with van der Waals surface area (Å²) >= 11 is 0. The van der Waals surface area contributed by atoms with Gasteiger partial charge < -0.3 is 10.1 Å². The number of rotatable bonds is 2. The lowest BCUT2D eigenvalue weighted by molar-refractivity contribution is 0.0692. The van der Waals surface area contributed by atoms with Crippen LogP contribution in [0.1, 0.15) is 38.6 Å². The van der Waals surface area contributed by atoms with Crippen molar-refractivity contribution in [3.8, 4) is 11.3 Å². The van der Waals surface area contributed by atoms with Crippen molar-refractivity contribution in [2.45, 2.75) is 34.6 Å². The predicted octanol–water partition coefficient (Wildman–Crippen LogP) is 3.32. The number of nitrogens with one attached hydrogen (secondary N) is 1. The van der Waals surface area contributed by atoms with E-state index in [1.54, 1.807) is 6.92 Å². The first kappa shape index (κ1) is 13.3. The lowest BCUT2D eigenvalue weighted by Crippen LogP contribution is -2.02. The first-order valence-electron chi connectivity index (χ1n) is 6.20. The summed E-state index contributed by atoms with van der Waals surface area (Å²) in [5, 5.41) is 9.29. The van der Waals surface area contributed by atoms with Gasteiger partial charge in [0.25, 0.3) is 0 Å². The minimum atomic E-state index is -0.978. The molecule has 0 aliphatic rings. The Balaban J connectivity index is 2.83. The Morgan fingerprint density at radius 1 is 1.11 bits per heavy atom. The third-order valence-corrected chi connectivity index (χ3v) is 3.64. The van der Waals surface area contributed by atoms with Crippen molar-refractivity contribution < 1.29 is 9.90 Å². The zero-order valence-corrected chi connectivity index (χ0v) is 11.9. The number of imidazole rings is 1. The zero-order chi connectivity index (χ0) is 14.3. The molecule has 0 aliphatic carbocycles. The van der Waals surface area contributed by atoms with E-state index in [-0.39, 0.29) is 5.69 Å². The van der Waals surface area contributed by atoms with Gasteiger partial charge in [-0.15, -0.1) is 0 Å². The maximum absolute atomic E-state index is 11.3. The average molecular weight is 258 g/mol. The second-order valence-electron chi connectivity index (χ2n) is 4.99. The first-order chi connectivity index (χ1) is 8.82. The van der Waals surface area contributed by atoms with E-state index in [1.165, 1.54) is 0 Å². The van der Waals surface area contributed by atoms with E-state index in [2.05, 4.69) is 16.0 Å². The molecule has 0 radical (unpaired) electrons. The van der Waals surface area contributed by atoms with Crippen LogP contribution in [0.2, 0.25) is 0 Å². The Morgan fingerprint density at radius 3 is 2.11 bits per heavy atom. The third-order valence-electron chi connectivity index (χ3n) is 3.64. The second kappa shape index (κ2) is 4.53.